The first kappa shape index (κ1) is 15.2. The first-order valence-corrected chi connectivity index (χ1v) is 6.94. The average molecular weight is 301 g/mol. The second kappa shape index (κ2) is 6.52. The maximum atomic E-state index is 12.9. The van der Waals surface area contributed by atoms with Crippen molar-refractivity contribution in [1.82, 2.24) is 4.90 Å². The minimum absolute atomic E-state index is 0.112. The Balaban J connectivity index is 1.92. The van der Waals surface area contributed by atoms with Crippen LogP contribution in [-0.4, -0.2) is 42.6 Å². The Bertz CT molecular complexity index is 488. The summed E-state index contributed by atoms with van der Waals surface area (Å²) in [5, 5.41) is 2.89. The monoisotopic (exact) mass is 300 g/mol. The minimum Gasteiger partial charge on any atom is -0.373 e. The highest BCUT2D eigenvalue weighted by Gasteiger charge is 2.23. The largest absolute Gasteiger partial charge is 0.373 e. The molecule has 1 heterocycles. The Morgan fingerprint density at radius 3 is 2.70 bits per heavy atom. The molecule has 0 radical (unpaired) electrons. The molecule has 2 atom stereocenters. The van der Waals surface area contributed by atoms with E-state index in [0.717, 1.165) is 13.1 Å². The third-order valence-electron chi connectivity index (χ3n) is 3.07. The summed E-state index contributed by atoms with van der Waals surface area (Å²) in [6.45, 7) is 5.67. The van der Waals surface area contributed by atoms with Crippen LogP contribution in [-0.2, 0) is 9.53 Å². The molecule has 0 spiro atoms. The lowest BCUT2D eigenvalue weighted by molar-refractivity contribution is -0.121. The number of amides is 1. The maximum absolute atomic E-state index is 12.9. The van der Waals surface area contributed by atoms with Crippen LogP contribution in [0.15, 0.2) is 18.2 Å². The SMILES string of the molecule is C[C@@H]1CN(CC(=O)Nc2ccc(F)cc2Cl)C[C@H](C)O1. The van der Waals surface area contributed by atoms with Gasteiger partial charge < -0.3 is 10.1 Å². The molecular weight excluding hydrogens is 283 g/mol. The van der Waals surface area contributed by atoms with Gasteiger partial charge in [-0.15, -0.1) is 0 Å². The van der Waals surface area contributed by atoms with Gasteiger partial charge in [-0.25, -0.2) is 4.39 Å². The van der Waals surface area contributed by atoms with Crippen molar-refractivity contribution in [1.29, 1.82) is 0 Å². The van der Waals surface area contributed by atoms with Crippen LogP contribution < -0.4 is 5.32 Å². The van der Waals surface area contributed by atoms with Gasteiger partial charge in [0.25, 0.3) is 0 Å². The lowest BCUT2D eigenvalue weighted by atomic mass is 10.2. The zero-order chi connectivity index (χ0) is 14.7. The number of benzene rings is 1. The molecule has 1 fully saturated rings. The molecule has 1 saturated heterocycles. The Hall–Kier alpha value is -1.17. The van der Waals surface area contributed by atoms with E-state index in [0.29, 0.717) is 5.69 Å². The number of rotatable bonds is 3. The summed E-state index contributed by atoms with van der Waals surface area (Å²) < 4.78 is 18.5. The predicted molar refractivity (Wildman–Crippen MR) is 76.5 cm³/mol. The number of hydrogen-bond donors (Lipinski definition) is 1. The van der Waals surface area contributed by atoms with E-state index in [2.05, 4.69) is 5.32 Å². The van der Waals surface area contributed by atoms with E-state index in [1.807, 2.05) is 18.7 Å². The molecule has 6 heteroatoms. The van der Waals surface area contributed by atoms with Crippen LogP contribution >= 0.6 is 11.6 Å². The van der Waals surface area contributed by atoms with Crippen LogP contribution in [0.25, 0.3) is 0 Å². The standard InChI is InChI=1S/C14H18ClFN2O2/c1-9-6-18(7-10(2)20-9)8-14(19)17-13-4-3-11(16)5-12(13)15/h3-5,9-10H,6-8H2,1-2H3,(H,17,19)/t9-,10+. The van der Waals surface area contributed by atoms with Crippen LogP contribution in [0.2, 0.25) is 5.02 Å². The van der Waals surface area contributed by atoms with Gasteiger partial charge in [0.2, 0.25) is 5.91 Å². The molecule has 0 unspecified atom stereocenters. The Morgan fingerprint density at radius 2 is 2.10 bits per heavy atom. The zero-order valence-electron chi connectivity index (χ0n) is 11.5. The van der Waals surface area contributed by atoms with E-state index < -0.39 is 5.82 Å². The summed E-state index contributed by atoms with van der Waals surface area (Å²) in [5.74, 6) is -0.594. The van der Waals surface area contributed by atoms with Gasteiger partial charge in [0.1, 0.15) is 5.82 Å². The smallest absolute Gasteiger partial charge is 0.238 e. The highest BCUT2D eigenvalue weighted by atomic mass is 35.5. The first-order chi connectivity index (χ1) is 9.44. The van der Waals surface area contributed by atoms with Crippen LogP contribution in [0, 0.1) is 5.82 Å². The van der Waals surface area contributed by atoms with Gasteiger partial charge in [-0.05, 0) is 32.0 Å². The molecule has 4 nitrogen and oxygen atoms in total. The van der Waals surface area contributed by atoms with Crippen LogP contribution in [0.4, 0.5) is 10.1 Å². The highest BCUT2D eigenvalue weighted by molar-refractivity contribution is 6.33. The van der Waals surface area contributed by atoms with Gasteiger partial charge in [0, 0.05) is 13.1 Å². The van der Waals surface area contributed by atoms with Crippen molar-refractivity contribution in [3.05, 3.63) is 29.0 Å². The summed E-state index contributed by atoms with van der Waals surface area (Å²) in [5.41, 5.74) is 0.424. The molecule has 110 valence electrons. The molecule has 0 aliphatic carbocycles. The molecule has 20 heavy (non-hydrogen) atoms. The number of hydrogen-bond acceptors (Lipinski definition) is 3. The summed E-state index contributed by atoms with van der Waals surface area (Å²) in [6, 6.07) is 3.90. The van der Waals surface area contributed by atoms with Gasteiger partial charge in [0.15, 0.2) is 0 Å². The molecule has 1 aromatic rings. The predicted octanol–water partition coefficient (Wildman–Crippen LogP) is 2.53. The number of carbonyl (C=O) groups is 1. The van der Waals surface area contributed by atoms with Crippen molar-refractivity contribution in [2.45, 2.75) is 26.1 Å². The van der Waals surface area contributed by atoms with Gasteiger partial charge in [0.05, 0.1) is 29.5 Å². The van der Waals surface area contributed by atoms with Crippen LogP contribution in [0.1, 0.15) is 13.8 Å². The van der Waals surface area contributed by atoms with E-state index in [-0.39, 0.29) is 29.7 Å². The van der Waals surface area contributed by atoms with Gasteiger partial charge in [-0.3, -0.25) is 9.69 Å². The minimum atomic E-state index is -0.427. The van der Waals surface area contributed by atoms with E-state index in [4.69, 9.17) is 16.3 Å². The summed E-state index contributed by atoms with van der Waals surface area (Å²) >= 11 is 5.87. The van der Waals surface area contributed by atoms with Crippen LogP contribution in [0.5, 0.6) is 0 Å². The molecule has 1 N–H and O–H groups in total. The maximum Gasteiger partial charge on any atom is 0.238 e. The zero-order valence-corrected chi connectivity index (χ0v) is 12.3. The number of nitrogens with zero attached hydrogens (tertiary/aromatic N) is 1. The van der Waals surface area contributed by atoms with Crippen molar-refractivity contribution in [3.8, 4) is 0 Å². The van der Waals surface area contributed by atoms with Crippen molar-refractivity contribution in [3.63, 3.8) is 0 Å². The number of morpholine rings is 1. The van der Waals surface area contributed by atoms with Crippen molar-refractivity contribution in [2.24, 2.45) is 0 Å². The quantitative estimate of drug-likeness (QED) is 0.932. The van der Waals surface area contributed by atoms with E-state index in [1.54, 1.807) is 0 Å². The molecule has 2 rings (SSSR count). The van der Waals surface area contributed by atoms with E-state index in [1.165, 1.54) is 18.2 Å². The molecular formula is C14H18ClFN2O2. The summed E-state index contributed by atoms with van der Waals surface area (Å²) in [7, 11) is 0. The number of ether oxygens (including phenoxy) is 1. The average Bonchev–Trinajstić information content (AvgIpc) is 2.31. The normalized spacial score (nSPS) is 23.6. The van der Waals surface area contributed by atoms with E-state index >= 15 is 0 Å². The van der Waals surface area contributed by atoms with E-state index in [9.17, 15) is 9.18 Å². The third-order valence-corrected chi connectivity index (χ3v) is 3.38. The number of halogens is 2. The third kappa shape index (κ3) is 4.16. The van der Waals surface area contributed by atoms with Gasteiger partial charge in [-0.2, -0.15) is 0 Å². The lowest BCUT2D eigenvalue weighted by Gasteiger charge is -2.34. The number of anilines is 1. The summed E-state index contributed by atoms with van der Waals surface area (Å²) in [6.07, 6.45) is 0.224. The van der Waals surface area contributed by atoms with Gasteiger partial charge >= 0.3 is 0 Å². The van der Waals surface area contributed by atoms with Crippen molar-refractivity contribution < 1.29 is 13.9 Å². The fourth-order valence-electron chi connectivity index (χ4n) is 2.40. The molecule has 0 bridgehead atoms. The Labute approximate surface area is 122 Å². The summed E-state index contributed by atoms with van der Waals surface area (Å²) in [4.78, 5) is 14.0. The molecule has 1 aromatic carbocycles. The van der Waals surface area contributed by atoms with Crippen molar-refractivity contribution >= 4 is 23.2 Å². The first-order valence-electron chi connectivity index (χ1n) is 6.56. The fraction of sp³-hybridized carbons (Fsp3) is 0.500. The number of carbonyl (C=O) groups excluding carboxylic acids is 1. The molecule has 0 saturated carbocycles. The lowest BCUT2D eigenvalue weighted by Crippen LogP contribution is -2.48. The topological polar surface area (TPSA) is 41.6 Å². The number of nitrogens with one attached hydrogen (secondary N) is 1. The van der Waals surface area contributed by atoms with Crippen LogP contribution in [0.3, 0.4) is 0 Å². The molecule has 1 aliphatic rings. The molecule has 0 aromatic heterocycles. The fourth-order valence-corrected chi connectivity index (χ4v) is 2.61. The molecule has 1 amide bonds. The van der Waals surface area contributed by atoms with Gasteiger partial charge in [-0.1, -0.05) is 11.6 Å². The Morgan fingerprint density at radius 1 is 1.45 bits per heavy atom. The molecule has 1 aliphatic heterocycles. The van der Waals surface area contributed by atoms with Crippen molar-refractivity contribution in [2.75, 3.05) is 25.0 Å². The second-order valence-corrected chi connectivity index (χ2v) is 5.53. The Kier molecular flexibility index (Phi) is 4.96. The second-order valence-electron chi connectivity index (χ2n) is 5.12. The highest BCUT2D eigenvalue weighted by Crippen LogP contribution is 2.22.